The van der Waals surface area contributed by atoms with Gasteiger partial charge in [-0.2, -0.15) is 0 Å². The molecule has 6 N–H and O–H groups in total. The fraction of sp³-hybridized carbons (Fsp3) is 0.583. The van der Waals surface area contributed by atoms with Crippen LogP contribution in [0, 0.1) is 30.6 Å². The second-order valence-corrected chi connectivity index (χ2v) is 18.7. The predicted molar refractivity (Wildman–Crippen MR) is 231 cm³/mol. The number of rotatable bonds is 10. The molecule has 4 saturated carbocycles. The number of aliphatic hydroxyl groups is 2. The van der Waals surface area contributed by atoms with Crippen molar-refractivity contribution in [1.29, 1.82) is 0 Å². The zero-order valence-corrected chi connectivity index (χ0v) is 36.9. The number of benzene rings is 1. The summed E-state index contributed by atoms with van der Waals surface area (Å²) in [6.07, 6.45) is 9.48. The largest absolute Gasteiger partial charge is 0.439 e. The van der Waals surface area contributed by atoms with Crippen LogP contribution >= 0.6 is 0 Å². The average molecular weight is 843 g/mol. The number of fused-ring (bicyclic) bond motifs is 2. The first-order chi connectivity index (χ1) is 28.9. The molecule has 7 rings (SSSR count). The maximum absolute atomic E-state index is 14.4. The second-order valence-electron chi connectivity index (χ2n) is 18.7. The molecule has 1 aromatic rings. The van der Waals surface area contributed by atoms with Gasteiger partial charge in [0.2, 0.25) is 11.6 Å². The Labute approximate surface area is 360 Å². The minimum Gasteiger partial charge on any atom is -0.439 e. The van der Waals surface area contributed by atoms with Gasteiger partial charge in [0, 0.05) is 62.5 Å². The lowest BCUT2D eigenvalue weighted by Crippen LogP contribution is -2.65. The highest BCUT2D eigenvalue weighted by Gasteiger charge is 2.59. The van der Waals surface area contributed by atoms with Gasteiger partial charge in [0.1, 0.15) is 6.10 Å². The number of methoxy groups -OCH3 is 2. The van der Waals surface area contributed by atoms with Crippen molar-refractivity contribution in [1.82, 2.24) is 15.5 Å². The number of primary amides is 1. The summed E-state index contributed by atoms with van der Waals surface area (Å²) in [5.74, 6) is -1.20. The number of ether oxygens (including phenoxy) is 3. The van der Waals surface area contributed by atoms with Gasteiger partial charge in [0.15, 0.2) is 6.10 Å². The molecule has 0 aromatic heterocycles. The summed E-state index contributed by atoms with van der Waals surface area (Å²) in [6.45, 7) is 10.8. The molecular formula is C48H66N4O9. The Morgan fingerprint density at radius 3 is 2.39 bits per heavy atom. The zero-order chi connectivity index (χ0) is 44.2. The van der Waals surface area contributed by atoms with Gasteiger partial charge in [-0.3, -0.25) is 19.3 Å². The van der Waals surface area contributed by atoms with E-state index in [1.807, 2.05) is 13.8 Å². The van der Waals surface area contributed by atoms with Gasteiger partial charge < -0.3 is 40.8 Å². The number of ketones is 2. The molecule has 13 heteroatoms. The molecule has 0 saturated heterocycles. The monoisotopic (exact) mass is 842 g/mol. The SMILES string of the molecule is CO[C@H]1/C=C\C=C(/C)C(=O)NC2=CC(=O)C(NCCN(Cc3cccc(C)c3)C34CC5CC(CC(O)(C5)C3)C4)=C(C[C@@H](C)C[C@H](OC)[C@H](O)[C@@H](C)/C=C(\C)[C@@H]1OC(N)=O)C2=O. The molecule has 0 radical (unpaired) electrons. The molecule has 0 spiro atoms. The van der Waals surface area contributed by atoms with Crippen LogP contribution in [-0.4, -0.2) is 102 Å². The number of nitrogens with one attached hydrogen (secondary N) is 2. The summed E-state index contributed by atoms with van der Waals surface area (Å²) >= 11 is 0. The molecule has 6 bridgehead atoms. The van der Waals surface area contributed by atoms with Gasteiger partial charge in [0.05, 0.1) is 29.2 Å². The highest BCUT2D eigenvalue weighted by Crippen LogP contribution is 2.59. The van der Waals surface area contributed by atoms with Crippen molar-refractivity contribution in [3.05, 3.63) is 93.9 Å². The Balaban J connectivity index is 1.30. The van der Waals surface area contributed by atoms with Gasteiger partial charge >= 0.3 is 6.09 Å². The number of hydrogen-bond donors (Lipinski definition) is 5. The Morgan fingerprint density at radius 2 is 1.75 bits per heavy atom. The number of allylic oxidation sites excluding steroid dienone is 4. The Hall–Kier alpha value is -4.40. The predicted octanol–water partition coefficient (Wildman–Crippen LogP) is 5.25. The third-order valence-electron chi connectivity index (χ3n) is 13.6. The number of nitrogens with two attached hydrogens (primary N) is 1. The molecule has 4 fully saturated rings. The third kappa shape index (κ3) is 10.8. The molecular weight excluding hydrogens is 777 g/mol. The molecule has 1 heterocycles. The Kier molecular flexibility index (Phi) is 14.6. The van der Waals surface area contributed by atoms with Crippen LogP contribution in [0.1, 0.15) is 90.2 Å². The summed E-state index contributed by atoms with van der Waals surface area (Å²) < 4.78 is 16.9. The number of Topliss-reactive ketones (excluding diaryl/α,β-unsaturated/α-hetero) is 1. The van der Waals surface area contributed by atoms with Gasteiger partial charge in [-0.15, -0.1) is 0 Å². The average Bonchev–Trinajstić information content (AvgIpc) is 3.18. The number of amides is 2. The van der Waals surface area contributed by atoms with Crippen LogP contribution < -0.4 is 16.4 Å². The molecule has 6 aliphatic rings. The molecule has 2 unspecified atom stereocenters. The number of aryl methyl sites for hydroxylation is 1. The fourth-order valence-corrected chi connectivity index (χ4v) is 11.1. The van der Waals surface area contributed by atoms with Crippen molar-refractivity contribution in [2.45, 2.75) is 128 Å². The van der Waals surface area contributed by atoms with Gasteiger partial charge in [-0.1, -0.05) is 68.0 Å². The van der Waals surface area contributed by atoms with Crippen molar-refractivity contribution in [3.63, 3.8) is 0 Å². The molecule has 5 aliphatic carbocycles. The summed E-state index contributed by atoms with van der Waals surface area (Å²) in [6, 6.07) is 8.51. The topological polar surface area (TPSA) is 190 Å². The van der Waals surface area contributed by atoms with Crippen molar-refractivity contribution >= 4 is 23.6 Å². The van der Waals surface area contributed by atoms with Gasteiger partial charge in [-0.05, 0) is 101 Å². The van der Waals surface area contributed by atoms with Crippen LogP contribution in [0.3, 0.4) is 0 Å². The van der Waals surface area contributed by atoms with E-state index in [-0.39, 0.29) is 40.4 Å². The summed E-state index contributed by atoms with van der Waals surface area (Å²) in [4.78, 5) is 56.4. The lowest BCUT2D eigenvalue weighted by atomic mass is 9.50. The van der Waals surface area contributed by atoms with Crippen LogP contribution in [-0.2, 0) is 35.1 Å². The Morgan fingerprint density at radius 1 is 1.03 bits per heavy atom. The number of carbonyl (C=O) groups excluding carboxylic acids is 4. The lowest BCUT2D eigenvalue weighted by Gasteiger charge is -2.63. The minimum atomic E-state index is -1.00. The quantitative estimate of drug-likeness (QED) is 0.153. The summed E-state index contributed by atoms with van der Waals surface area (Å²) in [7, 11) is 2.96. The molecule has 332 valence electrons. The first-order valence-corrected chi connectivity index (χ1v) is 21.8. The number of carbonyl (C=O) groups is 4. The van der Waals surface area contributed by atoms with Crippen LogP contribution in [0.2, 0.25) is 0 Å². The van der Waals surface area contributed by atoms with E-state index in [4.69, 9.17) is 19.9 Å². The fourth-order valence-electron chi connectivity index (χ4n) is 11.1. The molecule has 1 aliphatic heterocycles. The van der Waals surface area contributed by atoms with Crippen LogP contribution in [0.5, 0.6) is 0 Å². The van der Waals surface area contributed by atoms with Crippen molar-refractivity contribution in [3.8, 4) is 0 Å². The first kappa shape index (κ1) is 46.1. The number of aliphatic hydroxyl groups excluding tert-OH is 1. The smallest absolute Gasteiger partial charge is 0.405 e. The highest BCUT2D eigenvalue weighted by atomic mass is 16.6. The van der Waals surface area contributed by atoms with Crippen molar-refractivity contribution in [2.75, 3.05) is 27.3 Å². The number of nitrogens with zero attached hydrogens (tertiary/aromatic N) is 1. The lowest BCUT2D eigenvalue weighted by molar-refractivity contribution is -0.177. The van der Waals surface area contributed by atoms with Crippen LogP contribution in [0.4, 0.5) is 4.79 Å². The summed E-state index contributed by atoms with van der Waals surface area (Å²) in [5, 5.41) is 29.4. The first-order valence-electron chi connectivity index (χ1n) is 21.8. The number of hydrogen-bond acceptors (Lipinski definition) is 11. The molecule has 2 amide bonds. The Bertz CT molecular complexity index is 1990. The van der Waals surface area contributed by atoms with E-state index in [0.29, 0.717) is 43.5 Å². The van der Waals surface area contributed by atoms with Crippen LogP contribution in [0.25, 0.3) is 0 Å². The molecule has 61 heavy (non-hydrogen) atoms. The van der Waals surface area contributed by atoms with Crippen molar-refractivity contribution < 1.29 is 43.6 Å². The zero-order valence-electron chi connectivity index (χ0n) is 36.9. The highest BCUT2D eigenvalue weighted by molar-refractivity contribution is 6.23. The van der Waals surface area contributed by atoms with E-state index < -0.39 is 59.5 Å². The van der Waals surface area contributed by atoms with E-state index >= 15 is 0 Å². The second kappa shape index (κ2) is 19.3. The van der Waals surface area contributed by atoms with E-state index in [0.717, 1.165) is 32.1 Å². The van der Waals surface area contributed by atoms with E-state index in [2.05, 4.69) is 46.7 Å². The molecule has 8 atom stereocenters. The maximum atomic E-state index is 14.4. The van der Waals surface area contributed by atoms with E-state index in [1.165, 1.54) is 43.9 Å². The molecule has 1 aromatic carbocycles. The van der Waals surface area contributed by atoms with Crippen LogP contribution in [0.15, 0.2) is 82.8 Å². The van der Waals surface area contributed by atoms with E-state index in [9.17, 15) is 29.4 Å². The van der Waals surface area contributed by atoms with Gasteiger partial charge in [0.25, 0.3) is 5.91 Å². The standard InChI is InChI=1S/C48H66N4O9/c1-28-10-8-12-33(16-28)26-52(47-22-34-20-35(23-47)25-48(58,24-34)27-47)15-14-50-41-36-17-29(2)18-40(60-7)42(54)31(4)19-32(5)44(61-46(49)57)39(59-6)13-9-11-30(3)45(56)51-37(43(36)55)21-38(41)53/h8-13,16,19,21,29,31,34-35,39-40,42,44,50,54,58H,14-15,17-18,20,22-27H2,1-7H3,(H2,49,57)(H,51,56)/b13-9-,30-11+,32-19+/t29-,31+,34?,35?,39+,40+,42-,44+,47?,48?/m1/s1. The summed E-state index contributed by atoms with van der Waals surface area (Å²) in [5.41, 5.74) is 8.15. The normalized spacial score (nSPS) is 35.8. The third-order valence-corrected chi connectivity index (χ3v) is 13.6. The van der Waals surface area contributed by atoms with Gasteiger partial charge in [-0.25, -0.2) is 4.79 Å². The van der Waals surface area contributed by atoms with E-state index in [1.54, 1.807) is 32.1 Å². The minimum absolute atomic E-state index is 0.123. The van der Waals surface area contributed by atoms with Crippen molar-refractivity contribution in [2.24, 2.45) is 29.4 Å². The maximum Gasteiger partial charge on any atom is 0.405 e. The molecule has 13 nitrogen and oxygen atoms in total.